The van der Waals surface area contributed by atoms with Crippen LogP contribution >= 0.6 is 11.3 Å². The van der Waals surface area contributed by atoms with E-state index in [1.54, 1.807) is 11.9 Å². The number of carbonyl (C=O) groups is 1. The summed E-state index contributed by atoms with van der Waals surface area (Å²) in [4.78, 5) is 38.2. The highest BCUT2D eigenvalue weighted by Gasteiger charge is 2.19. The van der Waals surface area contributed by atoms with Gasteiger partial charge in [0.15, 0.2) is 10.8 Å². The number of rotatable bonds is 4. The molecule has 146 valence electrons. The quantitative estimate of drug-likeness (QED) is 0.677. The van der Waals surface area contributed by atoms with E-state index in [4.69, 9.17) is 0 Å². The van der Waals surface area contributed by atoms with Crippen LogP contribution in [0.15, 0.2) is 35.4 Å². The molecule has 0 N–H and O–H groups in total. The number of carbonyl (C=O) groups excluding carboxylic acids is 1. The second-order valence-corrected chi connectivity index (χ2v) is 8.14. The van der Waals surface area contributed by atoms with E-state index in [9.17, 15) is 9.59 Å². The zero-order chi connectivity index (χ0) is 19.7. The summed E-state index contributed by atoms with van der Waals surface area (Å²) in [5, 5.41) is 0.847. The highest BCUT2D eigenvalue weighted by molar-refractivity contribution is 7.22. The van der Waals surface area contributed by atoms with Crippen LogP contribution in [-0.2, 0) is 11.3 Å². The molecule has 3 heterocycles. The molecule has 1 aliphatic rings. The molecule has 1 amide bonds. The number of nitrogens with zero attached hydrogens (tertiary/aromatic N) is 5. The Morgan fingerprint density at radius 2 is 2.04 bits per heavy atom. The van der Waals surface area contributed by atoms with Gasteiger partial charge in [0.05, 0.1) is 0 Å². The number of hydrogen-bond donors (Lipinski definition) is 0. The molecule has 0 unspecified atom stereocenters. The Bertz CT molecular complexity index is 1070. The average Bonchev–Trinajstić information content (AvgIpc) is 3.15. The molecular weight excluding hydrogens is 374 g/mol. The van der Waals surface area contributed by atoms with E-state index in [2.05, 4.69) is 14.9 Å². The SMILES string of the molecule is Cc1cccc(N(C)C(=O)Cn2cnc3nc(N4CCCCC4)sc3c2=O)c1. The number of piperidine rings is 1. The monoisotopic (exact) mass is 397 g/mol. The molecule has 1 aliphatic heterocycles. The van der Waals surface area contributed by atoms with Crippen molar-refractivity contribution in [3.05, 3.63) is 46.5 Å². The fourth-order valence-electron chi connectivity index (χ4n) is 3.40. The second kappa shape index (κ2) is 7.71. The van der Waals surface area contributed by atoms with Gasteiger partial charge < -0.3 is 9.80 Å². The topological polar surface area (TPSA) is 71.3 Å². The molecule has 4 rings (SSSR count). The first-order chi connectivity index (χ1) is 13.5. The van der Waals surface area contributed by atoms with Gasteiger partial charge in [0.2, 0.25) is 5.91 Å². The van der Waals surface area contributed by atoms with Gasteiger partial charge in [0, 0.05) is 25.8 Å². The third kappa shape index (κ3) is 3.64. The first kappa shape index (κ1) is 18.6. The number of benzene rings is 1. The van der Waals surface area contributed by atoms with Crippen LogP contribution in [0.5, 0.6) is 0 Å². The highest BCUT2D eigenvalue weighted by atomic mass is 32.1. The number of thiazole rings is 1. The summed E-state index contributed by atoms with van der Waals surface area (Å²) in [6, 6.07) is 7.71. The third-order valence-corrected chi connectivity index (χ3v) is 6.16. The minimum Gasteiger partial charge on any atom is -0.348 e. The van der Waals surface area contributed by atoms with Gasteiger partial charge in [-0.3, -0.25) is 14.2 Å². The molecule has 1 saturated heterocycles. The van der Waals surface area contributed by atoms with Crippen LogP contribution < -0.4 is 15.4 Å². The first-order valence-corrected chi connectivity index (χ1v) is 10.3. The van der Waals surface area contributed by atoms with Gasteiger partial charge in [-0.05, 0) is 43.9 Å². The maximum absolute atomic E-state index is 12.9. The van der Waals surface area contributed by atoms with Gasteiger partial charge in [-0.2, -0.15) is 4.98 Å². The van der Waals surface area contributed by atoms with E-state index >= 15 is 0 Å². The number of amides is 1. The lowest BCUT2D eigenvalue weighted by molar-refractivity contribution is -0.118. The van der Waals surface area contributed by atoms with Gasteiger partial charge in [0.1, 0.15) is 17.6 Å². The van der Waals surface area contributed by atoms with Crippen molar-refractivity contribution in [3.63, 3.8) is 0 Å². The Morgan fingerprint density at radius 3 is 2.79 bits per heavy atom. The summed E-state index contributed by atoms with van der Waals surface area (Å²) >= 11 is 1.37. The first-order valence-electron chi connectivity index (χ1n) is 9.47. The molecule has 1 fully saturated rings. The van der Waals surface area contributed by atoms with Crippen LogP contribution in [0.2, 0.25) is 0 Å². The minimum atomic E-state index is -0.211. The molecular formula is C20H23N5O2S. The minimum absolute atomic E-state index is 0.0524. The molecule has 8 heteroatoms. The molecule has 3 aromatic rings. The van der Waals surface area contributed by atoms with E-state index in [0.717, 1.165) is 42.3 Å². The zero-order valence-corrected chi connectivity index (χ0v) is 16.9. The number of fused-ring (bicyclic) bond motifs is 1. The molecule has 0 spiro atoms. The Labute approximate surface area is 167 Å². The van der Waals surface area contributed by atoms with Gasteiger partial charge in [-0.1, -0.05) is 23.5 Å². The maximum Gasteiger partial charge on any atom is 0.273 e. The lowest BCUT2D eigenvalue weighted by atomic mass is 10.1. The number of anilines is 2. The molecule has 28 heavy (non-hydrogen) atoms. The Kier molecular flexibility index (Phi) is 5.13. The lowest BCUT2D eigenvalue weighted by Gasteiger charge is -2.25. The molecule has 0 saturated carbocycles. The van der Waals surface area contributed by atoms with Gasteiger partial charge in [-0.15, -0.1) is 0 Å². The van der Waals surface area contributed by atoms with Crippen molar-refractivity contribution in [2.75, 3.05) is 29.9 Å². The standard InChI is InChI=1S/C20H23N5O2S/c1-14-7-6-8-15(11-14)23(2)16(26)12-25-13-21-18-17(19(25)27)28-20(22-18)24-9-4-3-5-10-24/h6-8,11,13H,3-5,9-10,12H2,1-2H3. The molecule has 7 nitrogen and oxygen atoms in total. The fourth-order valence-corrected chi connectivity index (χ4v) is 4.42. The van der Waals surface area contributed by atoms with Crippen molar-refractivity contribution in [2.45, 2.75) is 32.7 Å². The van der Waals surface area contributed by atoms with E-state index < -0.39 is 0 Å². The van der Waals surface area contributed by atoms with Crippen molar-refractivity contribution in [1.82, 2.24) is 14.5 Å². The molecule has 2 aromatic heterocycles. The van der Waals surface area contributed by atoms with Crippen LogP contribution in [0.1, 0.15) is 24.8 Å². The summed E-state index contributed by atoms with van der Waals surface area (Å²) in [5.41, 5.74) is 2.13. The summed E-state index contributed by atoms with van der Waals surface area (Å²) in [6.07, 6.45) is 4.95. The van der Waals surface area contributed by atoms with Crippen LogP contribution in [0.4, 0.5) is 10.8 Å². The Balaban J connectivity index is 1.57. The summed E-state index contributed by atoms with van der Waals surface area (Å²) in [7, 11) is 1.72. The summed E-state index contributed by atoms with van der Waals surface area (Å²) in [5.74, 6) is -0.172. The summed E-state index contributed by atoms with van der Waals surface area (Å²) in [6.45, 7) is 3.86. The Morgan fingerprint density at radius 1 is 1.25 bits per heavy atom. The van der Waals surface area contributed by atoms with Crippen molar-refractivity contribution in [3.8, 4) is 0 Å². The van der Waals surface area contributed by atoms with Crippen molar-refractivity contribution in [2.24, 2.45) is 0 Å². The number of aromatic nitrogens is 3. The highest BCUT2D eigenvalue weighted by Crippen LogP contribution is 2.27. The average molecular weight is 398 g/mol. The molecule has 0 bridgehead atoms. The summed E-state index contributed by atoms with van der Waals surface area (Å²) < 4.78 is 1.88. The van der Waals surface area contributed by atoms with Crippen LogP contribution in [0.25, 0.3) is 10.3 Å². The van der Waals surface area contributed by atoms with E-state index in [1.807, 2.05) is 31.2 Å². The molecule has 1 aromatic carbocycles. The molecule has 0 atom stereocenters. The molecule has 0 radical (unpaired) electrons. The number of aryl methyl sites for hydroxylation is 1. The largest absolute Gasteiger partial charge is 0.348 e. The van der Waals surface area contributed by atoms with Crippen LogP contribution in [-0.4, -0.2) is 40.6 Å². The predicted octanol–water partition coefficient (Wildman–Crippen LogP) is 2.81. The van der Waals surface area contributed by atoms with E-state index in [1.165, 1.54) is 28.7 Å². The van der Waals surface area contributed by atoms with Crippen LogP contribution in [0.3, 0.4) is 0 Å². The third-order valence-electron chi connectivity index (χ3n) is 5.07. The number of likely N-dealkylation sites (N-methyl/N-ethyl adjacent to an activating group) is 1. The Hall–Kier alpha value is -2.74. The molecule has 0 aliphatic carbocycles. The number of hydrogen-bond acceptors (Lipinski definition) is 6. The smallest absolute Gasteiger partial charge is 0.273 e. The predicted molar refractivity (Wildman–Crippen MR) is 112 cm³/mol. The van der Waals surface area contributed by atoms with Crippen LogP contribution in [0, 0.1) is 6.92 Å². The second-order valence-electron chi connectivity index (χ2n) is 7.17. The van der Waals surface area contributed by atoms with E-state index in [-0.39, 0.29) is 18.0 Å². The van der Waals surface area contributed by atoms with Crippen molar-refractivity contribution in [1.29, 1.82) is 0 Å². The van der Waals surface area contributed by atoms with E-state index in [0.29, 0.717) is 10.3 Å². The van der Waals surface area contributed by atoms with Crippen molar-refractivity contribution >= 4 is 38.4 Å². The van der Waals surface area contributed by atoms with Gasteiger partial charge in [0.25, 0.3) is 5.56 Å². The fraction of sp³-hybridized carbons (Fsp3) is 0.400. The van der Waals surface area contributed by atoms with Gasteiger partial charge in [-0.25, -0.2) is 4.98 Å². The lowest BCUT2D eigenvalue weighted by Crippen LogP contribution is -2.33. The van der Waals surface area contributed by atoms with Gasteiger partial charge >= 0.3 is 0 Å². The van der Waals surface area contributed by atoms with Crippen molar-refractivity contribution < 1.29 is 4.79 Å². The zero-order valence-electron chi connectivity index (χ0n) is 16.1. The maximum atomic E-state index is 12.9. The normalized spacial score (nSPS) is 14.4.